The van der Waals surface area contributed by atoms with E-state index >= 15 is 0 Å². The fourth-order valence-corrected chi connectivity index (χ4v) is 4.27. The Morgan fingerprint density at radius 2 is 1.65 bits per heavy atom. The Kier molecular flexibility index (Phi) is 8.87. The first kappa shape index (κ1) is 23.7. The van der Waals surface area contributed by atoms with E-state index in [1.165, 1.54) is 0 Å². The smallest absolute Gasteiger partial charge is 0.119 e. The summed E-state index contributed by atoms with van der Waals surface area (Å²) in [5.41, 5.74) is 21.0. The third-order valence-electron chi connectivity index (χ3n) is 5.70. The van der Waals surface area contributed by atoms with Crippen molar-refractivity contribution < 1.29 is 4.74 Å². The number of fused-ring (bicyclic) bond motifs is 2. The van der Waals surface area contributed by atoms with E-state index in [0.717, 1.165) is 78.4 Å². The lowest BCUT2D eigenvalue weighted by molar-refractivity contribution is 0.262. The van der Waals surface area contributed by atoms with Crippen LogP contribution in [0.1, 0.15) is 37.3 Å². The largest absolute Gasteiger partial charge is 0.497 e. The van der Waals surface area contributed by atoms with Crippen molar-refractivity contribution in [3.8, 4) is 5.75 Å². The molecule has 0 amide bonds. The average molecular weight is 444 g/mol. The molecule has 0 saturated carbocycles. The minimum Gasteiger partial charge on any atom is -0.497 e. The van der Waals surface area contributed by atoms with Crippen LogP contribution in [0.4, 0.5) is 0 Å². The number of hydrogen-bond acceptors (Lipinski definition) is 6. The lowest BCUT2D eigenvalue weighted by Gasteiger charge is -2.23. The molecule has 1 aromatic heterocycles. The SMILES string of the molecule is COc1ccc2nc3cc(Cl)ccc3c(C(N)CCCN(CCCN)CCCN)c2c1. The van der Waals surface area contributed by atoms with E-state index in [2.05, 4.69) is 4.90 Å². The molecule has 0 fully saturated rings. The number of nitrogens with zero attached hydrogens (tertiary/aromatic N) is 2. The Hall–Kier alpha value is -1.96. The highest BCUT2D eigenvalue weighted by Crippen LogP contribution is 2.34. The molecule has 2 aromatic carbocycles. The standard InChI is InChI=1S/C24H34ClN5O/c1-31-18-7-9-22-20(16-18)24(19-8-6-17(25)15-23(19)29-22)21(28)5-2-12-30(13-3-10-26)14-4-11-27/h6-9,15-16,21H,2-5,10-14,26-28H2,1H3. The number of methoxy groups -OCH3 is 1. The van der Waals surface area contributed by atoms with Crippen molar-refractivity contribution in [2.75, 3.05) is 39.8 Å². The van der Waals surface area contributed by atoms with E-state index < -0.39 is 0 Å². The predicted molar refractivity (Wildman–Crippen MR) is 131 cm³/mol. The van der Waals surface area contributed by atoms with Gasteiger partial charge in [-0.25, -0.2) is 4.98 Å². The maximum absolute atomic E-state index is 6.78. The minimum absolute atomic E-state index is 0.118. The number of pyridine rings is 1. The first-order chi connectivity index (χ1) is 15.1. The first-order valence-electron chi connectivity index (χ1n) is 11.0. The third kappa shape index (κ3) is 6.05. The van der Waals surface area contributed by atoms with E-state index in [1.54, 1.807) is 7.11 Å². The topological polar surface area (TPSA) is 103 Å². The Labute approximate surface area is 189 Å². The molecule has 6 N–H and O–H groups in total. The summed E-state index contributed by atoms with van der Waals surface area (Å²) in [5, 5.41) is 2.74. The van der Waals surface area contributed by atoms with E-state index in [4.69, 9.17) is 38.5 Å². The Balaban J connectivity index is 1.86. The molecule has 1 unspecified atom stereocenters. The molecule has 0 aliphatic carbocycles. The molecule has 0 saturated heterocycles. The van der Waals surface area contributed by atoms with Gasteiger partial charge in [-0.2, -0.15) is 0 Å². The van der Waals surface area contributed by atoms with Gasteiger partial charge >= 0.3 is 0 Å². The van der Waals surface area contributed by atoms with Crippen LogP contribution >= 0.6 is 11.6 Å². The fourth-order valence-electron chi connectivity index (χ4n) is 4.10. The second kappa shape index (κ2) is 11.6. The summed E-state index contributed by atoms with van der Waals surface area (Å²) in [6, 6.07) is 11.6. The molecule has 1 atom stereocenters. The second-order valence-electron chi connectivity index (χ2n) is 7.94. The van der Waals surface area contributed by atoms with Gasteiger partial charge in [-0.1, -0.05) is 17.7 Å². The van der Waals surface area contributed by atoms with Crippen LogP contribution in [0, 0.1) is 0 Å². The van der Waals surface area contributed by atoms with E-state index in [9.17, 15) is 0 Å². The number of rotatable bonds is 12. The summed E-state index contributed by atoms with van der Waals surface area (Å²) in [6.45, 7) is 4.41. The zero-order chi connectivity index (χ0) is 22.2. The summed E-state index contributed by atoms with van der Waals surface area (Å²) in [6.07, 6.45) is 3.86. The molecule has 168 valence electrons. The summed E-state index contributed by atoms with van der Waals surface area (Å²) < 4.78 is 5.46. The quantitative estimate of drug-likeness (QED) is 0.367. The molecular formula is C24H34ClN5O. The zero-order valence-corrected chi connectivity index (χ0v) is 19.1. The van der Waals surface area contributed by atoms with Gasteiger partial charge in [-0.15, -0.1) is 0 Å². The van der Waals surface area contributed by atoms with Gasteiger partial charge < -0.3 is 26.8 Å². The normalized spacial score (nSPS) is 12.7. The van der Waals surface area contributed by atoms with Gasteiger partial charge in [0.15, 0.2) is 0 Å². The zero-order valence-electron chi connectivity index (χ0n) is 18.3. The average Bonchev–Trinajstić information content (AvgIpc) is 2.78. The van der Waals surface area contributed by atoms with Crippen LogP contribution in [0.2, 0.25) is 5.02 Å². The molecule has 0 aliphatic heterocycles. The highest BCUT2D eigenvalue weighted by molar-refractivity contribution is 6.31. The molecular weight excluding hydrogens is 410 g/mol. The van der Waals surface area contributed by atoms with Gasteiger partial charge in [-0.3, -0.25) is 0 Å². The molecule has 0 spiro atoms. The van der Waals surface area contributed by atoms with Crippen molar-refractivity contribution >= 4 is 33.4 Å². The maximum atomic E-state index is 6.78. The molecule has 1 heterocycles. The Morgan fingerprint density at radius 1 is 0.935 bits per heavy atom. The van der Waals surface area contributed by atoms with Crippen LogP contribution < -0.4 is 21.9 Å². The van der Waals surface area contributed by atoms with Crippen molar-refractivity contribution in [3.63, 3.8) is 0 Å². The van der Waals surface area contributed by atoms with Crippen molar-refractivity contribution in [3.05, 3.63) is 47.0 Å². The number of halogens is 1. The molecule has 3 rings (SSSR count). The molecule has 0 bridgehead atoms. The molecule has 3 aromatic rings. The Bertz CT molecular complexity index is 989. The van der Waals surface area contributed by atoms with E-state index in [-0.39, 0.29) is 6.04 Å². The van der Waals surface area contributed by atoms with Gasteiger partial charge in [0.25, 0.3) is 0 Å². The maximum Gasteiger partial charge on any atom is 0.119 e. The summed E-state index contributed by atoms with van der Waals surface area (Å²) in [7, 11) is 1.67. The van der Waals surface area contributed by atoms with Gasteiger partial charge in [0, 0.05) is 21.8 Å². The highest BCUT2D eigenvalue weighted by Gasteiger charge is 2.17. The van der Waals surface area contributed by atoms with Crippen LogP contribution in [0.25, 0.3) is 21.8 Å². The van der Waals surface area contributed by atoms with Crippen molar-refractivity contribution in [2.24, 2.45) is 17.2 Å². The summed E-state index contributed by atoms with van der Waals surface area (Å²) in [4.78, 5) is 7.25. The van der Waals surface area contributed by atoms with Gasteiger partial charge in [0.2, 0.25) is 0 Å². The minimum atomic E-state index is -0.118. The fraction of sp³-hybridized carbons (Fsp3) is 0.458. The lowest BCUT2D eigenvalue weighted by Crippen LogP contribution is -2.30. The number of aromatic nitrogens is 1. The van der Waals surface area contributed by atoms with Crippen molar-refractivity contribution in [1.82, 2.24) is 9.88 Å². The van der Waals surface area contributed by atoms with Crippen LogP contribution in [0.15, 0.2) is 36.4 Å². The molecule has 6 nitrogen and oxygen atoms in total. The van der Waals surface area contributed by atoms with E-state index in [0.29, 0.717) is 18.1 Å². The van der Waals surface area contributed by atoms with Crippen LogP contribution in [0.5, 0.6) is 5.75 Å². The second-order valence-corrected chi connectivity index (χ2v) is 8.38. The summed E-state index contributed by atoms with van der Waals surface area (Å²) in [5.74, 6) is 0.797. The molecule has 7 heteroatoms. The Morgan fingerprint density at radius 3 is 2.32 bits per heavy atom. The molecule has 31 heavy (non-hydrogen) atoms. The van der Waals surface area contributed by atoms with Crippen molar-refractivity contribution in [2.45, 2.75) is 31.7 Å². The van der Waals surface area contributed by atoms with Gasteiger partial charge in [0.1, 0.15) is 5.75 Å². The molecule has 0 aliphatic rings. The summed E-state index contributed by atoms with van der Waals surface area (Å²) >= 11 is 6.24. The van der Waals surface area contributed by atoms with Gasteiger partial charge in [-0.05, 0) is 94.3 Å². The monoisotopic (exact) mass is 443 g/mol. The number of nitrogens with two attached hydrogens (primary N) is 3. The molecule has 0 radical (unpaired) electrons. The predicted octanol–water partition coefficient (Wildman–Crippen LogP) is 3.83. The highest BCUT2D eigenvalue weighted by atomic mass is 35.5. The number of hydrogen-bond donors (Lipinski definition) is 3. The van der Waals surface area contributed by atoms with E-state index in [1.807, 2.05) is 36.4 Å². The number of ether oxygens (including phenoxy) is 1. The van der Waals surface area contributed by atoms with Crippen LogP contribution in [-0.4, -0.2) is 49.7 Å². The van der Waals surface area contributed by atoms with Crippen LogP contribution in [-0.2, 0) is 0 Å². The lowest BCUT2D eigenvalue weighted by atomic mass is 9.94. The first-order valence-corrected chi connectivity index (χ1v) is 11.4. The van der Waals surface area contributed by atoms with Crippen LogP contribution in [0.3, 0.4) is 0 Å². The number of benzene rings is 2. The van der Waals surface area contributed by atoms with Crippen molar-refractivity contribution in [1.29, 1.82) is 0 Å². The third-order valence-corrected chi connectivity index (χ3v) is 5.94. The van der Waals surface area contributed by atoms with Gasteiger partial charge in [0.05, 0.1) is 18.1 Å².